The fraction of sp³-hybridized carbons (Fsp3) is 0.0800. The van der Waals surface area contributed by atoms with Gasteiger partial charge in [-0.15, -0.1) is 21.5 Å². The van der Waals surface area contributed by atoms with Crippen molar-refractivity contribution < 1.29 is 17.5 Å². The third-order valence-electron chi connectivity index (χ3n) is 5.49. The molecule has 5 aromatic rings. The number of halogens is 2. The molecule has 0 spiro atoms. The van der Waals surface area contributed by atoms with Crippen molar-refractivity contribution >= 4 is 43.5 Å². The zero-order valence-electron chi connectivity index (χ0n) is 18.3. The zero-order valence-corrected chi connectivity index (χ0v) is 20.7. The number of sulfone groups is 1. The van der Waals surface area contributed by atoms with Crippen molar-refractivity contribution in [3.05, 3.63) is 88.2 Å². The van der Waals surface area contributed by atoms with Crippen LogP contribution in [-0.4, -0.2) is 30.7 Å². The molecule has 0 saturated carbocycles. The summed E-state index contributed by atoms with van der Waals surface area (Å²) in [4.78, 5) is 4.72. The lowest BCUT2D eigenvalue weighted by Crippen LogP contribution is -2.05. The van der Waals surface area contributed by atoms with Gasteiger partial charge in [-0.1, -0.05) is 29.8 Å². The van der Waals surface area contributed by atoms with Gasteiger partial charge in [0.2, 0.25) is 0 Å². The van der Waals surface area contributed by atoms with Gasteiger partial charge in [0.25, 0.3) is 0 Å². The third-order valence-corrected chi connectivity index (χ3v) is 8.31. The first-order valence-corrected chi connectivity index (χ1v) is 13.3. The van der Waals surface area contributed by atoms with Crippen molar-refractivity contribution in [1.82, 2.24) is 15.2 Å². The van der Waals surface area contributed by atoms with Gasteiger partial charge in [-0.05, 0) is 53.4 Å². The molecule has 0 aliphatic heterocycles. The van der Waals surface area contributed by atoms with Crippen molar-refractivity contribution in [3.63, 3.8) is 0 Å². The minimum absolute atomic E-state index is 0.184. The van der Waals surface area contributed by atoms with E-state index < -0.39 is 9.84 Å². The van der Waals surface area contributed by atoms with E-state index in [2.05, 4.69) is 15.2 Å². The molecule has 10 heteroatoms. The molecule has 0 atom stereocenters. The number of ether oxygens (including phenoxy) is 1. The number of methoxy groups -OCH3 is 1. The van der Waals surface area contributed by atoms with Gasteiger partial charge in [0, 0.05) is 27.7 Å². The molecule has 0 fully saturated rings. The van der Waals surface area contributed by atoms with Crippen molar-refractivity contribution in [2.75, 3.05) is 7.11 Å². The predicted molar refractivity (Wildman–Crippen MR) is 135 cm³/mol. The summed E-state index contributed by atoms with van der Waals surface area (Å²) < 4.78 is 45.2. The summed E-state index contributed by atoms with van der Waals surface area (Å²) in [6.07, 6.45) is 1.60. The standard InChI is InChI=1S/C25H17ClFN3O3S2/c1-33-23-12-20(15-3-2-4-17(27)9-15)22(26)11-21(23)25-19-6-5-18(10-16(19)7-8-28-25)35(31,32)13-24-30-29-14-34-24/h2-12,14H,13H2,1H3. The summed E-state index contributed by atoms with van der Waals surface area (Å²) in [7, 11) is -2.07. The number of aromatic nitrogens is 3. The molecule has 5 rings (SSSR count). The molecule has 0 amide bonds. The molecule has 0 unspecified atom stereocenters. The molecule has 3 aromatic carbocycles. The van der Waals surface area contributed by atoms with Gasteiger partial charge in [-0.25, -0.2) is 12.8 Å². The fourth-order valence-corrected chi connectivity index (χ4v) is 6.31. The molecule has 0 N–H and O–H groups in total. The van der Waals surface area contributed by atoms with Crippen molar-refractivity contribution in [3.8, 4) is 28.1 Å². The molecule has 0 saturated heterocycles. The number of fused-ring (bicyclic) bond motifs is 1. The second-order valence-electron chi connectivity index (χ2n) is 7.68. The Hall–Kier alpha value is -3.40. The van der Waals surface area contributed by atoms with Crippen LogP contribution in [0.5, 0.6) is 5.75 Å². The topological polar surface area (TPSA) is 82.0 Å². The average molecular weight is 526 g/mol. The molecule has 0 radical (unpaired) electrons. The fourth-order valence-electron chi connectivity index (χ4n) is 3.85. The van der Waals surface area contributed by atoms with E-state index in [0.717, 1.165) is 5.39 Å². The first-order valence-electron chi connectivity index (χ1n) is 10.4. The summed E-state index contributed by atoms with van der Waals surface area (Å²) in [5.74, 6) is -0.0811. The molecule has 0 bridgehead atoms. The zero-order chi connectivity index (χ0) is 24.6. The molecule has 176 valence electrons. The van der Waals surface area contributed by atoms with Crippen LogP contribution >= 0.6 is 22.9 Å². The second-order valence-corrected chi connectivity index (χ2v) is 11.0. The van der Waals surface area contributed by atoms with Crippen LogP contribution in [0.1, 0.15) is 5.01 Å². The van der Waals surface area contributed by atoms with Crippen LogP contribution in [0.25, 0.3) is 33.2 Å². The van der Waals surface area contributed by atoms with Gasteiger partial charge in [-0.3, -0.25) is 4.98 Å². The lowest BCUT2D eigenvalue weighted by Gasteiger charge is -2.15. The van der Waals surface area contributed by atoms with E-state index in [1.165, 1.54) is 36.1 Å². The van der Waals surface area contributed by atoms with Crippen LogP contribution < -0.4 is 4.74 Å². The summed E-state index contributed by atoms with van der Waals surface area (Å²) >= 11 is 7.80. The maximum absolute atomic E-state index is 13.8. The maximum atomic E-state index is 13.8. The normalized spacial score (nSPS) is 11.6. The van der Waals surface area contributed by atoms with Gasteiger partial charge in [0.05, 0.1) is 17.7 Å². The van der Waals surface area contributed by atoms with Crippen LogP contribution in [0.4, 0.5) is 4.39 Å². The van der Waals surface area contributed by atoms with E-state index in [-0.39, 0.29) is 16.5 Å². The van der Waals surface area contributed by atoms with Crippen LogP contribution in [-0.2, 0) is 15.6 Å². The monoisotopic (exact) mass is 525 g/mol. The number of pyridine rings is 1. The minimum Gasteiger partial charge on any atom is -0.496 e. The molecule has 2 aromatic heterocycles. The molecule has 35 heavy (non-hydrogen) atoms. The van der Waals surface area contributed by atoms with Gasteiger partial charge < -0.3 is 4.74 Å². The molecule has 0 aliphatic carbocycles. The SMILES string of the molecule is COc1cc(-c2cccc(F)c2)c(Cl)cc1-c1nccc2cc(S(=O)(=O)Cc3nncs3)ccc12. The van der Waals surface area contributed by atoms with E-state index in [4.69, 9.17) is 16.3 Å². The minimum atomic E-state index is -3.60. The van der Waals surface area contributed by atoms with Crippen molar-refractivity contribution in [1.29, 1.82) is 0 Å². The van der Waals surface area contributed by atoms with Crippen LogP contribution in [0, 0.1) is 5.82 Å². The Morgan fingerprint density at radius 2 is 1.91 bits per heavy atom. The van der Waals surface area contributed by atoms with Gasteiger partial charge >= 0.3 is 0 Å². The van der Waals surface area contributed by atoms with E-state index >= 15 is 0 Å². The highest BCUT2D eigenvalue weighted by Gasteiger charge is 2.20. The van der Waals surface area contributed by atoms with E-state index in [1.54, 1.807) is 54.7 Å². The summed E-state index contributed by atoms with van der Waals surface area (Å²) in [6, 6.07) is 16.3. The predicted octanol–water partition coefficient (Wildman–Crippen LogP) is 6.20. The van der Waals surface area contributed by atoms with Gasteiger partial charge in [0.1, 0.15) is 27.8 Å². The number of hydrogen-bond acceptors (Lipinski definition) is 7. The van der Waals surface area contributed by atoms with Crippen LogP contribution in [0.2, 0.25) is 5.02 Å². The van der Waals surface area contributed by atoms with Crippen LogP contribution in [0.3, 0.4) is 0 Å². The largest absolute Gasteiger partial charge is 0.496 e. The highest BCUT2D eigenvalue weighted by atomic mass is 35.5. The van der Waals surface area contributed by atoms with E-state index in [9.17, 15) is 12.8 Å². The Kier molecular flexibility index (Phi) is 6.22. The summed E-state index contributed by atoms with van der Waals surface area (Å²) in [6.45, 7) is 0. The second kappa shape index (κ2) is 9.33. The van der Waals surface area contributed by atoms with Crippen molar-refractivity contribution in [2.45, 2.75) is 10.6 Å². The van der Waals surface area contributed by atoms with E-state index in [1.807, 2.05) is 0 Å². The molecule has 0 aliphatic rings. The van der Waals surface area contributed by atoms with Crippen LogP contribution in [0.15, 0.2) is 77.3 Å². The first kappa shape index (κ1) is 23.3. The summed E-state index contributed by atoms with van der Waals surface area (Å²) in [5, 5.41) is 9.80. The Bertz CT molecular complexity index is 1660. The Morgan fingerprint density at radius 3 is 2.66 bits per heavy atom. The number of benzene rings is 3. The third kappa shape index (κ3) is 4.62. The number of nitrogens with zero attached hydrogens (tertiary/aromatic N) is 3. The Labute approximate surface area is 209 Å². The number of hydrogen-bond donors (Lipinski definition) is 0. The van der Waals surface area contributed by atoms with Gasteiger partial charge in [-0.2, -0.15) is 0 Å². The Morgan fingerprint density at radius 1 is 1.06 bits per heavy atom. The number of rotatable bonds is 6. The first-order chi connectivity index (χ1) is 16.9. The van der Waals surface area contributed by atoms with E-state index in [0.29, 0.717) is 43.6 Å². The smallest absolute Gasteiger partial charge is 0.184 e. The van der Waals surface area contributed by atoms with Crippen molar-refractivity contribution in [2.24, 2.45) is 0 Å². The average Bonchev–Trinajstić information content (AvgIpc) is 3.35. The maximum Gasteiger partial charge on any atom is 0.184 e. The lowest BCUT2D eigenvalue weighted by molar-refractivity contribution is 0.416. The highest BCUT2D eigenvalue weighted by Crippen LogP contribution is 2.41. The summed E-state index contributed by atoms with van der Waals surface area (Å²) in [5.41, 5.74) is 3.96. The molecular weight excluding hydrogens is 509 g/mol. The lowest BCUT2D eigenvalue weighted by atomic mass is 9.98. The molecular formula is C25H17ClFN3O3S2. The van der Waals surface area contributed by atoms with Gasteiger partial charge in [0.15, 0.2) is 9.84 Å². The molecule has 2 heterocycles. The Balaban J connectivity index is 1.60. The quantitative estimate of drug-likeness (QED) is 0.263. The highest BCUT2D eigenvalue weighted by molar-refractivity contribution is 7.90. The molecule has 6 nitrogen and oxygen atoms in total.